The summed E-state index contributed by atoms with van der Waals surface area (Å²) in [4.78, 5) is 1.41. The van der Waals surface area contributed by atoms with E-state index in [4.69, 9.17) is 0 Å². The molecule has 0 saturated heterocycles. The molecule has 0 spiro atoms. The summed E-state index contributed by atoms with van der Waals surface area (Å²) in [5.41, 5.74) is 2.99. The Balaban J connectivity index is 2.28. The van der Waals surface area contributed by atoms with Crippen LogP contribution in [0.3, 0.4) is 0 Å². The predicted octanol–water partition coefficient (Wildman–Crippen LogP) is 4.28. The number of hydrogen-bond acceptors (Lipinski definition) is 2. The molecule has 2 heteroatoms. The average molecular weight is 235 g/mol. The molecule has 88 valence electrons. The van der Waals surface area contributed by atoms with Crippen LogP contribution in [0.15, 0.2) is 23.1 Å². The van der Waals surface area contributed by atoms with Gasteiger partial charge in [0.1, 0.15) is 0 Å². The molecular formula is C14H21NS. The molecule has 0 aromatic heterocycles. The molecular weight excluding hydrogens is 214 g/mol. The minimum absolute atomic E-state index is 0.247. The van der Waals surface area contributed by atoms with Crippen LogP contribution in [0.4, 0.5) is 5.69 Å². The Labute approximate surface area is 103 Å². The SMILES string of the molecule is CCC1CSc2cc(C(C)(C)C)ccc2N1. The molecule has 1 heterocycles. The highest BCUT2D eigenvalue weighted by Crippen LogP contribution is 2.37. The maximum Gasteiger partial charge on any atom is 0.0481 e. The molecule has 1 atom stereocenters. The Morgan fingerprint density at radius 3 is 2.75 bits per heavy atom. The molecule has 1 aliphatic heterocycles. The highest BCUT2D eigenvalue weighted by Gasteiger charge is 2.20. The normalized spacial score (nSPS) is 20.1. The van der Waals surface area contributed by atoms with Crippen LogP contribution in [0.5, 0.6) is 0 Å². The van der Waals surface area contributed by atoms with Crippen molar-refractivity contribution in [2.75, 3.05) is 11.1 Å². The topological polar surface area (TPSA) is 12.0 Å². The lowest BCUT2D eigenvalue weighted by molar-refractivity contribution is 0.588. The molecule has 1 nitrogen and oxygen atoms in total. The van der Waals surface area contributed by atoms with Crippen LogP contribution >= 0.6 is 11.8 Å². The molecule has 0 bridgehead atoms. The van der Waals surface area contributed by atoms with E-state index in [1.807, 2.05) is 11.8 Å². The zero-order chi connectivity index (χ0) is 11.8. The van der Waals surface area contributed by atoms with Crippen molar-refractivity contribution in [2.24, 2.45) is 0 Å². The smallest absolute Gasteiger partial charge is 0.0481 e. The van der Waals surface area contributed by atoms with E-state index >= 15 is 0 Å². The number of rotatable bonds is 1. The fourth-order valence-corrected chi connectivity index (χ4v) is 3.09. The van der Waals surface area contributed by atoms with Crippen LogP contribution in [-0.4, -0.2) is 11.8 Å². The van der Waals surface area contributed by atoms with Gasteiger partial charge in [0, 0.05) is 22.4 Å². The third-order valence-electron chi connectivity index (χ3n) is 3.14. The van der Waals surface area contributed by atoms with Crippen molar-refractivity contribution in [3.8, 4) is 0 Å². The first-order chi connectivity index (χ1) is 7.50. The lowest BCUT2D eigenvalue weighted by atomic mass is 9.87. The van der Waals surface area contributed by atoms with Gasteiger partial charge >= 0.3 is 0 Å². The fourth-order valence-electron chi connectivity index (χ4n) is 1.90. The lowest BCUT2D eigenvalue weighted by Gasteiger charge is -2.28. The third-order valence-corrected chi connectivity index (χ3v) is 4.36. The van der Waals surface area contributed by atoms with Gasteiger partial charge in [0.2, 0.25) is 0 Å². The van der Waals surface area contributed by atoms with Gasteiger partial charge in [0.05, 0.1) is 0 Å². The van der Waals surface area contributed by atoms with Gasteiger partial charge in [-0.15, -0.1) is 11.8 Å². The van der Waals surface area contributed by atoms with E-state index in [0.717, 1.165) is 0 Å². The summed E-state index contributed by atoms with van der Waals surface area (Å²) in [6.07, 6.45) is 1.20. The monoisotopic (exact) mass is 235 g/mol. The summed E-state index contributed by atoms with van der Waals surface area (Å²) in [5.74, 6) is 1.19. The first-order valence-electron chi connectivity index (χ1n) is 6.04. The average Bonchev–Trinajstić information content (AvgIpc) is 2.26. The second kappa shape index (κ2) is 4.33. The van der Waals surface area contributed by atoms with Gasteiger partial charge in [-0.3, -0.25) is 0 Å². The van der Waals surface area contributed by atoms with E-state index < -0.39 is 0 Å². The Morgan fingerprint density at radius 1 is 1.38 bits per heavy atom. The first-order valence-corrected chi connectivity index (χ1v) is 7.03. The summed E-state index contributed by atoms with van der Waals surface area (Å²) < 4.78 is 0. The molecule has 16 heavy (non-hydrogen) atoms. The molecule has 1 unspecified atom stereocenters. The van der Waals surface area contributed by atoms with Crippen molar-refractivity contribution in [3.63, 3.8) is 0 Å². The van der Waals surface area contributed by atoms with Crippen LogP contribution in [0.25, 0.3) is 0 Å². The van der Waals surface area contributed by atoms with Gasteiger partial charge < -0.3 is 5.32 Å². The lowest BCUT2D eigenvalue weighted by Crippen LogP contribution is -2.25. The third kappa shape index (κ3) is 2.37. The van der Waals surface area contributed by atoms with Crippen LogP contribution in [-0.2, 0) is 5.41 Å². The quantitative estimate of drug-likeness (QED) is 0.779. The standard InChI is InChI=1S/C14H21NS/c1-5-11-9-16-13-8-10(14(2,3)4)6-7-12(13)15-11/h6-8,11,15H,5,9H2,1-4H3. The summed E-state index contributed by atoms with van der Waals surface area (Å²) in [6, 6.07) is 7.48. The largest absolute Gasteiger partial charge is 0.381 e. The van der Waals surface area contributed by atoms with Crippen LogP contribution in [0, 0.1) is 0 Å². The summed E-state index contributed by atoms with van der Waals surface area (Å²) in [7, 11) is 0. The summed E-state index contributed by atoms with van der Waals surface area (Å²) in [6.45, 7) is 9.05. The van der Waals surface area contributed by atoms with Gasteiger partial charge in [-0.1, -0.05) is 33.8 Å². The second-order valence-corrected chi connectivity index (χ2v) is 6.58. The predicted molar refractivity (Wildman–Crippen MR) is 73.6 cm³/mol. The minimum atomic E-state index is 0.247. The van der Waals surface area contributed by atoms with Crippen molar-refractivity contribution in [1.82, 2.24) is 0 Å². The fraction of sp³-hybridized carbons (Fsp3) is 0.571. The van der Waals surface area contributed by atoms with E-state index in [-0.39, 0.29) is 5.41 Å². The first kappa shape index (κ1) is 11.8. The van der Waals surface area contributed by atoms with E-state index in [1.165, 1.54) is 28.3 Å². The van der Waals surface area contributed by atoms with Gasteiger partial charge in [-0.25, -0.2) is 0 Å². The molecule has 0 fully saturated rings. The van der Waals surface area contributed by atoms with E-state index in [1.54, 1.807) is 0 Å². The van der Waals surface area contributed by atoms with E-state index in [9.17, 15) is 0 Å². The van der Waals surface area contributed by atoms with Crippen molar-refractivity contribution in [1.29, 1.82) is 0 Å². The van der Waals surface area contributed by atoms with Crippen LogP contribution in [0.1, 0.15) is 39.7 Å². The van der Waals surface area contributed by atoms with Gasteiger partial charge in [-0.2, -0.15) is 0 Å². The van der Waals surface area contributed by atoms with Gasteiger partial charge in [0.15, 0.2) is 0 Å². The number of anilines is 1. The van der Waals surface area contributed by atoms with Crippen molar-refractivity contribution < 1.29 is 0 Å². The second-order valence-electron chi connectivity index (χ2n) is 5.52. The molecule has 0 amide bonds. The zero-order valence-corrected chi connectivity index (χ0v) is 11.4. The molecule has 0 radical (unpaired) electrons. The number of benzene rings is 1. The number of thioether (sulfide) groups is 1. The molecule has 1 aliphatic rings. The van der Waals surface area contributed by atoms with Gasteiger partial charge in [-0.05, 0) is 29.5 Å². The molecule has 2 rings (SSSR count). The molecule has 1 N–H and O–H groups in total. The highest BCUT2D eigenvalue weighted by atomic mass is 32.2. The maximum atomic E-state index is 3.60. The van der Waals surface area contributed by atoms with Crippen molar-refractivity contribution >= 4 is 17.4 Å². The highest BCUT2D eigenvalue weighted by molar-refractivity contribution is 7.99. The maximum absolute atomic E-state index is 3.60. The zero-order valence-electron chi connectivity index (χ0n) is 10.6. The summed E-state index contributed by atoms with van der Waals surface area (Å²) >= 11 is 1.99. The Kier molecular flexibility index (Phi) is 3.20. The molecule has 0 saturated carbocycles. The van der Waals surface area contributed by atoms with Crippen molar-refractivity contribution in [2.45, 2.75) is 50.5 Å². The molecule has 1 aromatic rings. The van der Waals surface area contributed by atoms with Crippen molar-refractivity contribution in [3.05, 3.63) is 23.8 Å². The Hall–Kier alpha value is -0.630. The summed E-state index contributed by atoms with van der Waals surface area (Å²) in [5, 5.41) is 3.60. The van der Waals surface area contributed by atoms with Crippen LogP contribution < -0.4 is 5.32 Å². The van der Waals surface area contributed by atoms with Gasteiger partial charge in [0.25, 0.3) is 0 Å². The minimum Gasteiger partial charge on any atom is -0.381 e. The Bertz CT molecular complexity index is 379. The number of hydrogen-bond donors (Lipinski definition) is 1. The molecule has 0 aliphatic carbocycles. The number of fused-ring (bicyclic) bond motifs is 1. The Morgan fingerprint density at radius 2 is 2.12 bits per heavy atom. The number of nitrogens with one attached hydrogen (secondary N) is 1. The van der Waals surface area contributed by atoms with E-state index in [0.29, 0.717) is 6.04 Å². The molecule has 1 aromatic carbocycles. The van der Waals surface area contributed by atoms with Crippen LogP contribution in [0.2, 0.25) is 0 Å². The van der Waals surface area contributed by atoms with E-state index in [2.05, 4.69) is 51.2 Å².